The van der Waals surface area contributed by atoms with Crippen LogP contribution in [-0.4, -0.2) is 21.3 Å². The topological polar surface area (TPSA) is 105 Å². The van der Waals surface area contributed by atoms with Crippen molar-refractivity contribution in [3.05, 3.63) is 76.9 Å². The van der Waals surface area contributed by atoms with Gasteiger partial charge >= 0.3 is 10.1 Å². The standard InChI is InChI=1S/C19H19NO6S/c1-12-8-9-14(15(10-12)24-2)17-16(21)18(19(20)25-17)26-27(22,23)11-13-6-4-3-5-7-13/h3-10,17H,11,20H2,1-2H3/t17-/m1/s1/i11D2,17D. The third-order valence-electron chi connectivity index (χ3n) is 3.66. The Morgan fingerprint density at radius 1 is 1.26 bits per heavy atom. The van der Waals surface area contributed by atoms with Crippen molar-refractivity contribution in [3.63, 3.8) is 0 Å². The Morgan fingerprint density at radius 3 is 2.63 bits per heavy atom. The first kappa shape index (κ1) is 15.1. The second-order valence-corrected chi connectivity index (χ2v) is 6.94. The lowest BCUT2D eigenvalue weighted by molar-refractivity contribution is -0.123. The molecule has 1 heterocycles. The minimum absolute atomic E-state index is 0.00869. The molecule has 8 heteroatoms. The number of benzene rings is 2. The molecule has 0 saturated carbocycles. The van der Waals surface area contributed by atoms with Gasteiger partial charge in [0.05, 0.1) is 11.2 Å². The number of hydrogen-bond acceptors (Lipinski definition) is 7. The van der Waals surface area contributed by atoms with Crippen LogP contribution < -0.4 is 10.5 Å². The number of nitrogens with two attached hydrogens (primary N) is 1. The molecule has 1 aliphatic heterocycles. The maximum atomic E-state index is 12.9. The third-order valence-corrected chi connectivity index (χ3v) is 4.53. The Bertz CT molecular complexity index is 1130. The molecule has 142 valence electrons. The Balaban J connectivity index is 1.97. The van der Waals surface area contributed by atoms with Gasteiger partial charge in [-0.25, -0.2) is 0 Å². The normalized spacial score (nSPS) is 21.9. The molecule has 0 bridgehead atoms. The number of ether oxygens (including phenoxy) is 2. The van der Waals surface area contributed by atoms with E-state index < -0.39 is 39.3 Å². The van der Waals surface area contributed by atoms with Gasteiger partial charge in [0.2, 0.25) is 17.4 Å². The summed E-state index contributed by atoms with van der Waals surface area (Å²) >= 11 is 0. The molecule has 3 rings (SSSR count). The molecule has 0 aliphatic carbocycles. The van der Waals surface area contributed by atoms with E-state index in [2.05, 4.69) is 0 Å². The first-order valence-electron chi connectivity index (χ1n) is 9.32. The Kier molecular flexibility index (Phi) is 4.09. The molecule has 1 atom stereocenters. The van der Waals surface area contributed by atoms with E-state index in [-0.39, 0.29) is 16.9 Å². The van der Waals surface area contributed by atoms with Crippen LogP contribution in [0.1, 0.15) is 26.9 Å². The van der Waals surface area contributed by atoms with E-state index in [9.17, 15) is 13.2 Å². The molecule has 0 unspecified atom stereocenters. The number of ketones is 1. The lowest BCUT2D eigenvalue weighted by atomic mass is 10.0. The van der Waals surface area contributed by atoms with Crippen LogP contribution in [0.15, 0.2) is 60.2 Å². The van der Waals surface area contributed by atoms with E-state index in [1.807, 2.05) is 0 Å². The van der Waals surface area contributed by atoms with Crippen molar-refractivity contribution >= 4 is 15.9 Å². The summed E-state index contributed by atoms with van der Waals surface area (Å²) in [6.07, 6.45) is -2.45. The number of aryl methyl sites for hydroxylation is 1. The maximum Gasteiger partial charge on any atom is 0.313 e. The summed E-state index contributed by atoms with van der Waals surface area (Å²) in [5, 5.41) is 0. The SMILES string of the molecule is [2H]C([2H])(c1ccccc1)S(=O)(=O)OC1=C(N)O[C@]([2H])(c2ccc(C)cc2OC)C1=O. The minimum atomic E-state index is -5.04. The highest BCUT2D eigenvalue weighted by atomic mass is 32.2. The monoisotopic (exact) mass is 392 g/mol. The Hall–Kier alpha value is -3.00. The summed E-state index contributed by atoms with van der Waals surface area (Å²) < 4.78 is 64.9. The van der Waals surface area contributed by atoms with Crippen molar-refractivity contribution in [2.75, 3.05) is 7.11 Å². The molecule has 0 spiro atoms. The molecule has 1 aliphatic rings. The van der Waals surface area contributed by atoms with Gasteiger partial charge in [0, 0.05) is 5.56 Å². The molecule has 0 fully saturated rings. The lowest BCUT2D eigenvalue weighted by Crippen LogP contribution is -2.16. The van der Waals surface area contributed by atoms with Crippen LogP contribution in [0, 0.1) is 6.92 Å². The van der Waals surface area contributed by atoms with Crippen LogP contribution in [0.4, 0.5) is 0 Å². The molecular formula is C19H19NO6S. The highest BCUT2D eigenvalue weighted by Crippen LogP contribution is 2.37. The van der Waals surface area contributed by atoms with Gasteiger partial charge in [0.15, 0.2) is 6.08 Å². The zero-order valence-corrected chi connectivity index (χ0v) is 15.4. The first-order chi connectivity index (χ1) is 13.9. The molecule has 2 N–H and O–H groups in total. The fourth-order valence-electron chi connectivity index (χ4n) is 2.44. The number of methoxy groups -OCH3 is 1. The van der Waals surface area contributed by atoms with Crippen LogP contribution >= 0.6 is 0 Å². The number of carbonyl (C=O) groups is 1. The second kappa shape index (κ2) is 7.32. The highest BCUT2D eigenvalue weighted by Gasteiger charge is 2.40. The molecule has 2 aromatic rings. The predicted molar refractivity (Wildman–Crippen MR) is 97.9 cm³/mol. The number of carbonyl (C=O) groups excluding carboxylic acids is 1. The molecule has 0 saturated heterocycles. The predicted octanol–water partition coefficient (Wildman–Crippen LogP) is 2.32. The third kappa shape index (κ3) is 4.06. The Labute approximate surface area is 161 Å². The van der Waals surface area contributed by atoms with Crippen molar-refractivity contribution in [2.45, 2.75) is 18.7 Å². The van der Waals surface area contributed by atoms with Crippen molar-refractivity contribution in [3.8, 4) is 5.75 Å². The van der Waals surface area contributed by atoms with Crippen LogP contribution in [0.2, 0.25) is 0 Å². The van der Waals surface area contributed by atoms with Gasteiger partial charge in [-0.05, 0) is 24.1 Å². The van der Waals surface area contributed by atoms with Gasteiger partial charge < -0.3 is 19.4 Å². The maximum absolute atomic E-state index is 12.9. The highest BCUT2D eigenvalue weighted by molar-refractivity contribution is 7.86. The van der Waals surface area contributed by atoms with Crippen molar-refractivity contribution in [1.29, 1.82) is 0 Å². The lowest BCUT2D eigenvalue weighted by Gasteiger charge is -2.14. The average molecular weight is 392 g/mol. The first-order valence-corrected chi connectivity index (χ1v) is 9.23. The number of Topliss-reactive ketones (excluding diaryl/α,β-unsaturated/α-hetero) is 1. The van der Waals surface area contributed by atoms with Gasteiger partial charge in [-0.15, -0.1) is 0 Å². The van der Waals surface area contributed by atoms with Gasteiger partial charge in [-0.1, -0.05) is 42.5 Å². The summed E-state index contributed by atoms with van der Waals surface area (Å²) in [6, 6.07) is 11.6. The molecular weight excluding hydrogens is 370 g/mol. The van der Waals surface area contributed by atoms with Crippen molar-refractivity contribution in [2.24, 2.45) is 5.73 Å². The van der Waals surface area contributed by atoms with E-state index in [1.54, 1.807) is 25.1 Å². The van der Waals surface area contributed by atoms with Crippen LogP contribution in [0.25, 0.3) is 0 Å². The van der Waals surface area contributed by atoms with Gasteiger partial charge in [-0.2, -0.15) is 8.42 Å². The molecule has 7 nitrogen and oxygen atoms in total. The zero-order valence-electron chi connectivity index (χ0n) is 17.6. The van der Waals surface area contributed by atoms with E-state index in [1.165, 1.54) is 37.4 Å². The van der Waals surface area contributed by atoms with Crippen LogP contribution in [0.5, 0.6) is 5.75 Å². The summed E-state index contributed by atoms with van der Waals surface area (Å²) in [5.41, 5.74) is 3.25. The van der Waals surface area contributed by atoms with E-state index in [0.29, 0.717) is 0 Å². The Morgan fingerprint density at radius 2 is 1.96 bits per heavy atom. The second-order valence-electron chi connectivity index (χ2n) is 5.66. The van der Waals surface area contributed by atoms with Crippen LogP contribution in [0.3, 0.4) is 0 Å². The minimum Gasteiger partial charge on any atom is -0.496 e. The average Bonchev–Trinajstić information content (AvgIpc) is 2.91. The summed E-state index contributed by atoms with van der Waals surface area (Å²) in [4.78, 5) is 12.9. The molecule has 0 amide bonds. The molecule has 0 radical (unpaired) electrons. The fourth-order valence-corrected chi connectivity index (χ4v) is 3.28. The molecule has 0 aromatic heterocycles. The van der Waals surface area contributed by atoms with Crippen molar-refractivity contribution in [1.82, 2.24) is 0 Å². The summed E-state index contributed by atoms with van der Waals surface area (Å²) in [6.45, 7) is 1.78. The van der Waals surface area contributed by atoms with E-state index in [4.69, 9.17) is 23.5 Å². The summed E-state index contributed by atoms with van der Waals surface area (Å²) in [7, 11) is -3.70. The molecule has 2 aromatic carbocycles. The molecule has 27 heavy (non-hydrogen) atoms. The zero-order chi connectivity index (χ0) is 22.3. The quantitative estimate of drug-likeness (QED) is 0.752. The summed E-state index contributed by atoms with van der Waals surface area (Å²) in [5.74, 6) is -2.75. The van der Waals surface area contributed by atoms with Gasteiger partial charge in [0.1, 0.15) is 11.5 Å². The smallest absolute Gasteiger partial charge is 0.313 e. The van der Waals surface area contributed by atoms with Crippen molar-refractivity contribution < 1.29 is 31.0 Å². The van der Waals surface area contributed by atoms with Gasteiger partial charge in [0.25, 0.3) is 0 Å². The number of hydrogen-bond donors (Lipinski definition) is 1. The van der Waals surface area contributed by atoms with E-state index in [0.717, 1.165) is 5.56 Å². The van der Waals surface area contributed by atoms with Gasteiger partial charge in [-0.3, -0.25) is 4.79 Å². The number of rotatable bonds is 6. The fraction of sp³-hybridized carbons (Fsp3) is 0.211. The van der Waals surface area contributed by atoms with E-state index >= 15 is 0 Å². The van der Waals surface area contributed by atoms with Crippen LogP contribution in [-0.2, 0) is 29.5 Å². The largest absolute Gasteiger partial charge is 0.496 e.